The standard InChI is InChI=1S/C22H32N2O8/c1-8-29-17(25)14-23(18(26)31-21(2,3)4)24(20(28)32-22(5,6)7)19(27)30-15-16-12-10-9-11-13-16/h9-13H,8,14-15H2,1-7H3. The summed E-state index contributed by atoms with van der Waals surface area (Å²) in [6, 6.07) is 8.73. The smallest absolute Gasteiger partial charge is 0.439 e. The summed E-state index contributed by atoms with van der Waals surface area (Å²) in [7, 11) is 0. The highest BCUT2D eigenvalue weighted by atomic mass is 16.6. The van der Waals surface area contributed by atoms with E-state index in [1.165, 1.54) is 0 Å². The Kier molecular flexibility index (Phi) is 9.49. The Morgan fingerprint density at radius 3 is 1.81 bits per heavy atom. The normalized spacial score (nSPS) is 11.2. The van der Waals surface area contributed by atoms with Gasteiger partial charge in [-0.2, -0.15) is 5.01 Å². The average Bonchev–Trinajstić information content (AvgIpc) is 2.64. The highest BCUT2D eigenvalue weighted by molar-refractivity contribution is 5.91. The van der Waals surface area contributed by atoms with E-state index >= 15 is 0 Å². The van der Waals surface area contributed by atoms with Gasteiger partial charge in [-0.15, -0.1) is 5.01 Å². The van der Waals surface area contributed by atoms with Crippen LogP contribution in [0.5, 0.6) is 0 Å². The Morgan fingerprint density at radius 2 is 1.31 bits per heavy atom. The van der Waals surface area contributed by atoms with Crippen molar-refractivity contribution in [2.24, 2.45) is 0 Å². The van der Waals surface area contributed by atoms with Gasteiger partial charge in [0.25, 0.3) is 0 Å². The number of hydrogen-bond donors (Lipinski definition) is 0. The van der Waals surface area contributed by atoms with Crippen molar-refractivity contribution in [1.29, 1.82) is 0 Å². The molecule has 0 radical (unpaired) electrons. The molecule has 1 aromatic rings. The Balaban J connectivity index is 3.27. The SMILES string of the molecule is CCOC(=O)CN(C(=O)OC(C)(C)C)N(C(=O)OCc1ccccc1)C(=O)OC(C)(C)C. The number of rotatable bonds is 5. The molecule has 0 saturated carbocycles. The molecular formula is C22H32N2O8. The minimum Gasteiger partial charge on any atom is -0.465 e. The van der Waals surface area contributed by atoms with Crippen LogP contribution in [0, 0.1) is 0 Å². The van der Waals surface area contributed by atoms with Crippen molar-refractivity contribution in [2.45, 2.75) is 66.3 Å². The van der Waals surface area contributed by atoms with Crippen molar-refractivity contribution in [2.75, 3.05) is 13.2 Å². The van der Waals surface area contributed by atoms with E-state index in [1.807, 2.05) is 0 Å². The van der Waals surface area contributed by atoms with Gasteiger partial charge in [0.1, 0.15) is 24.4 Å². The first-order chi connectivity index (χ1) is 14.7. The number of imide groups is 1. The summed E-state index contributed by atoms with van der Waals surface area (Å²) in [5, 5.41) is 0.809. The number of nitrogens with zero attached hydrogens (tertiary/aromatic N) is 2. The fraction of sp³-hybridized carbons (Fsp3) is 0.545. The van der Waals surface area contributed by atoms with Crippen LogP contribution in [0.15, 0.2) is 30.3 Å². The summed E-state index contributed by atoms with van der Waals surface area (Å²) in [6.45, 7) is 10.2. The summed E-state index contributed by atoms with van der Waals surface area (Å²) < 4.78 is 20.6. The Morgan fingerprint density at radius 1 is 0.781 bits per heavy atom. The first-order valence-electron chi connectivity index (χ1n) is 10.1. The van der Waals surface area contributed by atoms with Gasteiger partial charge in [-0.25, -0.2) is 14.4 Å². The molecular weight excluding hydrogens is 420 g/mol. The van der Waals surface area contributed by atoms with E-state index in [9.17, 15) is 19.2 Å². The number of carbonyl (C=O) groups is 4. The number of hydrazine groups is 1. The Hall–Kier alpha value is -3.30. The zero-order valence-electron chi connectivity index (χ0n) is 19.7. The number of esters is 1. The zero-order valence-corrected chi connectivity index (χ0v) is 19.7. The third kappa shape index (κ3) is 9.67. The quantitative estimate of drug-likeness (QED) is 0.370. The van der Waals surface area contributed by atoms with Gasteiger partial charge in [0.2, 0.25) is 0 Å². The van der Waals surface area contributed by atoms with Crippen LogP contribution < -0.4 is 0 Å². The maximum Gasteiger partial charge on any atom is 0.439 e. The maximum atomic E-state index is 12.9. The second-order valence-corrected chi connectivity index (χ2v) is 8.68. The lowest BCUT2D eigenvalue weighted by molar-refractivity contribution is -0.148. The molecule has 32 heavy (non-hydrogen) atoms. The Bertz CT molecular complexity index is 796. The highest BCUT2D eigenvalue weighted by Gasteiger charge is 2.40. The van der Waals surface area contributed by atoms with E-state index in [-0.39, 0.29) is 13.2 Å². The fourth-order valence-electron chi connectivity index (χ4n) is 2.22. The number of ether oxygens (including phenoxy) is 4. The fourth-order valence-corrected chi connectivity index (χ4v) is 2.22. The van der Waals surface area contributed by atoms with E-state index in [1.54, 1.807) is 78.8 Å². The number of hydrogen-bond acceptors (Lipinski definition) is 8. The predicted octanol–water partition coefficient (Wildman–Crippen LogP) is 4.28. The minimum absolute atomic E-state index is 0.0336. The van der Waals surface area contributed by atoms with Crippen molar-refractivity contribution < 1.29 is 38.1 Å². The Labute approximate surface area is 188 Å². The third-order valence-electron chi connectivity index (χ3n) is 3.37. The second kappa shape index (κ2) is 11.4. The molecule has 0 saturated heterocycles. The first kappa shape index (κ1) is 26.7. The topological polar surface area (TPSA) is 112 Å². The van der Waals surface area contributed by atoms with Crippen LogP contribution in [-0.2, 0) is 30.3 Å². The monoisotopic (exact) mass is 452 g/mol. The molecule has 178 valence electrons. The van der Waals surface area contributed by atoms with Crippen LogP contribution in [0.3, 0.4) is 0 Å². The lowest BCUT2D eigenvalue weighted by Gasteiger charge is -2.34. The summed E-state index contributed by atoms with van der Waals surface area (Å²) in [6.07, 6.45) is -3.57. The van der Waals surface area contributed by atoms with Crippen LogP contribution in [-0.4, -0.2) is 58.6 Å². The second-order valence-electron chi connectivity index (χ2n) is 8.68. The molecule has 0 aliphatic heterocycles. The van der Waals surface area contributed by atoms with Gasteiger partial charge in [0, 0.05) is 0 Å². The molecule has 0 unspecified atom stereocenters. The lowest BCUT2D eigenvalue weighted by atomic mass is 10.2. The summed E-state index contributed by atoms with van der Waals surface area (Å²) in [5.41, 5.74) is -1.32. The van der Waals surface area contributed by atoms with Crippen LogP contribution in [0.2, 0.25) is 0 Å². The van der Waals surface area contributed by atoms with Crippen LogP contribution in [0.1, 0.15) is 54.0 Å². The molecule has 0 spiro atoms. The minimum atomic E-state index is -1.22. The van der Waals surface area contributed by atoms with E-state index in [0.717, 1.165) is 0 Å². The number of carbonyl (C=O) groups excluding carboxylic acids is 4. The van der Waals surface area contributed by atoms with Gasteiger partial charge >= 0.3 is 24.2 Å². The molecule has 10 heteroatoms. The summed E-state index contributed by atoms with van der Waals surface area (Å²) in [4.78, 5) is 50.7. The first-order valence-corrected chi connectivity index (χ1v) is 10.1. The number of benzene rings is 1. The molecule has 0 fully saturated rings. The third-order valence-corrected chi connectivity index (χ3v) is 3.37. The van der Waals surface area contributed by atoms with E-state index < -0.39 is 42.0 Å². The summed E-state index contributed by atoms with van der Waals surface area (Å²) in [5.74, 6) is -0.859. The van der Waals surface area contributed by atoms with Crippen LogP contribution in [0.4, 0.5) is 14.4 Å². The van der Waals surface area contributed by atoms with Crippen molar-refractivity contribution in [1.82, 2.24) is 10.0 Å². The van der Waals surface area contributed by atoms with E-state index in [2.05, 4.69) is 0 Å². The molecule has 1 rings (SSSR count). The van der Waals surface area contributed by atoms with Crippen molar-refractivity contribution in [3.8, 4) is 0 Å². The van der Waals surface area contributed by atoms with Crippen molar-refractivity contribution in [3.63, 3.8) is 0 Å². The van der Waals surface area contributed by atoms with E-state index in [4.69, 9.17) is 18.9 Å². The van der Waals surface area contributed by atoms with Gasteiger partial charge in [-0.1, -0.05) is 30.3 Å². The largest absolute Gasteiger partial charge is 0.465 e. The van der Waals surface area contributed by atoms with Gasteiger partial charge in [0.15, 0.2) is 0 Å². The molecule has 0 N–H and O–H groups in total. The van der Waals surface area contributed by atoms with Gasteiger partial charge in [-0.05, 0) is 54.0 Å². The molecule has 0 atom stereocenters. The molecule has 0 aromatic heterocycles. The molecule has 1 aromatic carbocycles. The number of amides is 3. The molecule has 10 nitrogen and oxygen atoms in total. The lowest BCUT2D eigenvalue weighted by Crippen LogP contribution is -2.56. The maximum absolute atomic E-state index is 12.9. The van der Waals surface area contributed by atoms with Gasteiger partial charge in [-0.3, -0.25) is 4.79 Å². The van der Waals surface area contributed by atoms with Crippen molar-refractivity contribution in [3.05, 3.63) is 35.9 Å². The van der Waals surface area contributed by atoms with Crippen molar-refractivity contribution >= 4 is 24.2 Å². The summed E-state index contributed by atoms with van der Waals surface area (Å²) >= 11 is 0. The zero-order chi connectivity index (χ0) is 24.5. The molecule has 0 aliphatic rings. The molecule has 0 bridgehead atoms. The van der Waals surface area contributed by atoms with Gasteiger partial charge < -0.3 is 18.9 Å². The van der Waals surface area contributed by atoms with E-state index in [0.29, 0.717) is 15.6 Å². The van der Waals surface area contributed by atoms with Crippen LogP contribution in [0.25, 0.3) is 0 Å². The van der Waals surface area contributed by atoms with Gasteiger partial charge in [0.05, 0.1) is 6.61 Å². The predicted molar refractivity (Wildman–Crippen MR) is 114 cm³/mol. The molecule has 3 amide bonds. The molecule has 0 aliphatic carbocycles. The average molecular weight is 453 g/mol. The highest BCUT2D eigenvalue weighted by Crippen LogP contribution is 2.17. The molecule has 0 heterocycles. The van der Waals surface area contributed by atoms with Crippen LogP contribution >= 0.6 is 0 Å².